The van der Waals surface area contributed by atoms with Crippen molar-refractivity contribution < 1.29 is 13.9 Å². The molecule has 36 heavy (non-hydrogen) atoms. The van der Waals surface area contributed by atoms with Crippen molar-refractivity contribution >= 4 is 22.8 Å². The summed E-state index contributed by atoms with van der Waals surface area (Å²) in [5, 5.41) is 0.894. The molecule has 1 amide bonds. The third-order valence-electron chi connectivity index (χ3n) is 8.20. The summed E-state index contributed by atoms with van der Waals surface area (Å²) in [6.07, 6.45) is 11.4. The molecule has 0 N–H and O–H groups in total. The normalized spacial score (nSPS) is 19.2. The van der Waals surface area contributed by atoms with Gasteiger partial charge in [0.2, 0.25) is 11.9 Å². The lowest BCUT2D eigenvalue weighted by Gasteiger charge is -2.41. The van der Waals surface area contributed by atoms with Gasteiger partial charge in [0.15, 0.2) is 0 Å². The largest absolute Gasteiger partial charge is 0.487 e. The lowest BCUT2D eigenvalue weighted by molar-refractivity contribution is -0.130. The van der Waals surface area contributed by atoms with Crippen LogP contribution in [0.2, 0.25) is 0 Å². The summed E-state index contributed by atoms with van der Waals surface area (Å²) in [6, 6.07) is 5.78. The molecule has 1 spiro atoms. The lowest BCUT2D eigenvalue weighted by atomic mass is 9.79. The third kappa shape index (κ3) is 4.22. The minimum Gasteiger partial charge on any atom is -0.487 e. The summed E-state index contributed by atoms with van der Waals surface area (Å²) in [4.78, 5) is 38.6. The Balaban J connectivity index is 1.20. The highest BCUT2D eigenvalue weighted by atomic mass is 16.5. The fourth-order valence-electron chi connectivity index (χ4n) is 6.02. The molecule has 1 aromatic carbocycles. The number of hydrogen-bond donors (Lipinski definition) is 0. The summed E-state index contributed by atoms with van der Waals surface area (Å²) in [5.41, 5.74) is 2.47. The van der Waals surface area contributed by atoms with Crippen molar-refractivity contribution in [2.24, 2.45) is 0 Å². The number of ether oxygens (including phenoxy) is 1. The van der Waals surface area contributed by atoms with E-state index in [1.807, 2.05) is 17.9 Å². The number of nitrogens with zero attached hydrogens (tertiary/aromatic N) is 4. The number of hydrogen-bond acceptors (Lipinski definition) is 7. The molecule has 1 aliphatic carbocycles. The van der Waals surface area contributed by atoms with Crippen LogP contribution in [0.25, 0.3) is 11.0 Å². The number of benzene rings is 1. The van der Waals surface area contributed by atoms with E-state index in [2.05, 4.69) is 20.9 Å². The number of piperazine rings is 1. The molecule has 1 saturated carbocycles. The van der Waals surface area contributed by atoms with Crippen LogP contribution in [0.15, 0.2) is 39.8 Å². The summed E-state index contributed by atoms with van der Waals surface area (Å²) in [5.74, 6) is 1.47. The second kappa shape index (κ2) is 9.22. The molecular weight excluding hydrogens is 456 g/mol. The second-order valence-corrected chi connectivity index (χ2v) is 10.4. The molecule has 6 rings (SSSR count). The number of rotatable bonds is 3. The van der Waals surface area contributed by atoms with Crippen LogP contribution in [-0.2, 0) is 17.6 Å². The van der Waals surface area contributed by atoms with Crippen LogP contribution < -0.4 is 15.3 Å². The molecule has 4 heterocycles. The lowest BCUT2D eigenvalue weighted by Crippen LogP contribution is -2.49. The number of aromatic nitrogens is 2. The molecule has 8 nitrogen and oxygen atoms in total. The minimum atomic E-state index is -0.437. The van der Waals surface area contributed by atoms with Crippen LogP contribution in [0.4, 0.5) is 5.95 Å². The van der Waals surface area contributed by atoms with E-state index in [1.54, 1.807) is 18.5 Å². The quantitative estimate of drug-likeness (QED) is 0.518. The average Bonchev–Trinajstić information content (AvgIpc) is 2.91. The predicted octanol–water partition coefficient (Wildman–Crippen LogP) is 3.81. The standard InChI is InChI=1S/C28H32N4O4/c1-19-21-16-20-6-9-28(7-3-2-4-8-28)36-23(20)18-24(21)35-26(34)22(19)17-25(33)31-12-14-32(15-13-31)27-29-10-5-11-30-27/h5,10-11,16,18H,2-4,6-9,12-15,17H2,1H3. The maximum atomic E-state index is 13.1. The van der Waals surface area contributed by atoms with Gasteiger partial charge in [-0.1, -0.05) is 6.42 Å². The first-order valence-corrected chi connectivity index (χ1v) is 13.1. The third-order valence-corrected chi connectivity index (χ3v) is 8.20. The van der Waals surface area contributed by atoms with E-state index in [4.69, 9.17) is 9.15 Å². The number of carbonyl (C=O) groups excluding carboxylic acids is 1. The van der Waals surface area contributed by atoms with Crippen LogP contribution in [-0.4, -0.2) is 52.6 Å². The number of carbonyl (C=O) groups is 1. The van der Waals surface area contributed by atoms with Crippen molar-refractivity contribution in [1.82, 2.24) is 14.9 Å². The smallest absolute Gasteiger partial charge is 0.340 e. The van der Waals surface area contributed by atoms with Crippen molar-refractivity contribution in [3.8, 4) is 5.75 Å². The Morgan fingerprint density at radius 1 is 1.03 bits per heavy atom. The van der Waals surface area contributed by atoms with E-state index >= 15 is 0 Å². The van der Waals surface area contributed by atoms with Crippen molar-refractivity contribution in [2.45, 2.75) is 63.9 Å². The van der Waals surface area contributed by atoms with Gasteiger partial charge < -0.3 is 19.0 Å². The molecule has 0 unspecified atom stereocenters. The summed E-state index contributed by atoms with van der Waals surface area (Å²) < 4.78 is 12.3. The Bertz CT molecular complexity index is 1340. The van der Waals surface area contributed by atoms with Crippen molar-refractivity contribution in [2.75, 3.05) is 31.1 Å². The van der Waals surface area contributed by atoms with Gasteiger partial charge in [0.25, 0.3) is 0 Å². The Kier molecular flexibility index (Phi) is 5.90. The molecule has 0 atom stereocenters. The van der Waals surface area contributed by atoms with Crippen LogP contribution in [0.3, 0.4) is 0 Å². The predicted molar refractivity (Wildman–Crippen MR) is 137 cm³/mol. The number of amides is 1. The molecule has 2 fully saturated rings. The van der Waals surface area contributed by atoms with Gasteiger partial charge in [-0.15, -0.1) is 0 Å². The van der Waals surface area contributed by atoms with Gasteiger partial charge in [-0.25, -0.2) is 14.8 Å². The summed E-state index contributed by atoms with van der Waals surface area (Å²) >= 11 is 0. The first-order valence-electron chi connectivity index (χ1n) is 13.1. The first kappa shape index (κ1) is 23.0. The molecule has 188 valence electrons. The summed E-state index contributed by atoms with van der Waals surface area (Å²) in [7, 11) is 0. The highest BCUT2D eigenvalue weighted by Gasteiger charge is 2.37. The van der Waals surface area contributed by atoms with E-state index in [9.17, 15) is 9.59 Å². The zero-order chi connectivity index (χ0) is 24.7. The zero-order valence-corrected chi connectivity index (χ0v) is 20.8. The summed E-state index contributed by atoms with van der Waals surface area (Å²) in [6.45, 7) is 4.39. The van der Waals surface area contributed by atoms with E-state index in [0.717, 1.165) is 47.9 Å². The molecule has 8 heteroatoms. The van der Waals surface area contributed by atoms with Crippen molar-refractivity contribution in [1.29, 1.82) is 0 Å². The van der Waals surface area contributed by atoms with Gasteiger partial charge in [0.05, 0.1) is 12.0 Å². The Labute approximate surface area is 210 Å². The monoisotopic (exact) mass is 488 g/mol. The maximum Gasteiger partial charge on any atom is 0.340 e. The first-order chi connectivity index (χ1) is 17.5. The van der Waals surface area contributed by atoms with Crippen LogP contribution >= 0.6 is 0 Å². The number of anilines is 1. The zero-order valence-electron chi connectivity index (χ0n) is 20.8. The van der Waals surface area contributed by atoms with Crippen LogP contribution in [0.1, 0.15) is 55.2 Å². The highest BCUT2D eigenvalue weighted by molar-refractivity contribution is 5.86. The minimum absolute atomic E-state index is 0.0443. The fourth-order valence-corrected chi connectivity index (χ4v) is 6.02. The van der Waals surface area contributed by atoms with Gasteiger partial charge in [-0.05, 0) is 68.7 Å². The number of aryl methyl sites for hydroxylation is 2. The van der Waals surface area contributed by atoms with E-state index in [-0.39, 0.29) is 17.9 Å². The van der Waals surface area contributed by atoms with Crippen LogP contribution in [0.5, 0.6) is 5.75 Å². The Morgan fingerprint density at radius 2 is 1.78 bits per heavy atom. The average molecular weight is 489 g/mol. The molecule has 1 saturated heterocycles. The van der Waals surface area contributed by atoms with Gasteiger partial charge in [0, 0.05) is 50.0 Å². The molecule has 2 aliphatic heterocycles. The van der Waals surface area contributed by atoms with Crippen molar-refractivity contribution in [3.05, 3.63) is 57.7 Å². The maximum absolute atomic E-state index is 13.1. The topological polar surface area (TPSA) is 88.8 Å². The SMILES string of the molecule is Cc1c(CC(=O)N2CCN(c3ncccn3)CC2)c(=O)oc2cc3c(cc12)CCC1(CCCCC1)O3. The molecule has 2 aromatic heterocycles. The highest BCUT2D eigenvalue weighted by Crippen LogP contribution is 2.43. The molecular formula is C28H32N4O4. The van der Waals surface area contributed by atoms with Crippen LogP contribution in [0, 0.1) is 6.92 Å². The Hall–Kier alpha value is -3.42. The molecule has 3 aliphatic rings. The number of fused-ring (bicyclic) bond motifs is 2. The second-order valence-electron chi connectivity index (χ2n) is 10.4. The molecule has 0 bridgehead atoms. The van der Waals surface area contributed by atoms with Crippen molar-refractivity contribution in [3.63, 3.8) is 0 Å². The van der Waals surface area contributed by atoms with E-state index in [0.29, 0.717) is 43.3 Å². The molecule has 0 radical (unpaired) electrons. The van der Waals surface area contributed by atoms with Gasteiger partial charge >= 0.3 is 5.63 Å². The van der Waals surface area contributed by atoms with E-state index in [1.165, 1.54) is 19.3 Å². The molecule has 3 aromatic rings. The Morgan fingerprint density at radius 3 is 2.53 bits per heavy atom. The van der Waals surface area contributed by atoms with Gasteiger partial charge in [0.1, 0.15) is 16.9 Å². The van der Waals surface area contributed by atoms with Gasteiger partial charge in [-0.2, -0.15) is 0 Å². The fraction of sp³-hybridized carbons (Fsp3) is 0.500. The van der Waals surface area contributed by atoms with E-state index < -0.39 is 5.63 Å². The van der Waals surface area contributed by atoms with Gasteiger partial charge in [-0.3, -0.25) is 4.79 Å².